The van der Waals surface area contributed by atoms with Crippen molar-refractivity contribution in [2.75, 3.05) is 7.11 Å². The molecular weight excluding hydrogens is 609 g/mol. The van der Waals surface area contributed by atoms with Crippen molar-refractivity contribution in [1.29, 1.82) is 0 Å². The maximum absolute atomic E-state index is 14.1. The highest BCUT2D eigenvalue weighted by Crippen LogP contribution is 2.43. The van der Waals surface area contributed by atoms with Crippen LogP contribution in [0.5, 0.6) is 5.75 Å². The number of para-hydroxylation sites is 1. The number of fused-ring (bicyclic) bond motifs is 3. The molecule has 8 nitrogen and oxygen atoms in total. The fourth-order valence-electron chi connectivity index (χ4n) is 5.76. The molecule has 7 rings (SSSR count). The Morgan fingerprint density at radius 2 is 1.84 bits per heavy atom. The van der Waals surface area contributed by atoms with Gasteiger partial charge in [-0.05, 0) is 48.2 Å². The van der Waals surface area contributed by atoms with Gasteiger partial charge in [-0.25, -0.2) is 4.99 Å². The third kappa shape index (κ3) is 4.60. The molecule has 3 heterocycles. The standard InChI is InChI=1S/C32H21Cl2N3O5S/c1-41-26-9-5-4-8-20(26)30-21-12-10-17-6-2-3-7-19(17)29(21)35-32-36(30)31(38)28(43-32)14-18-11-13-27(42-18)22-15-24(34)25(37(39)40)16-23(22)33/h2-9,11,13-16,30H,10,12H2,1H3/b28-14-/t30-/m0/s1. The second-order valence-electron chi connectivity index (χ2n) is 10.1. The smallest absolute Gasteiger partial charge is 0.289 e. The van der Waals surface area contributed by atoms with Gasteiger partial charge in [-0.3, -0.25) is 19.5 Å². The van der Waals surface area contributed by atoms with Gasteiger partial charge in [0.15, 0.2) is 4.80 Å². The summed E-state index contributed by atoms with van der Waals surface area (Å²) in [5.74, 6) is 1.47. The summed E-state index contributed by atoms with van der Waals surface area (Å²) in [4.78, 5) is 30.3. The van der Waals surface area contributed by atoms with Crippen molar-refractivity contribution < 1.29 is 14.1 Å². The number of rotatable bonds is 5. The SMILES string of the molecule is COc1ccccc1[C@H]1C2=C(N=c3s/c(=C\c4ccc(-c5cc(Cl)c([N+](=O)[O-])cc5Cl)o4)c(=O)n31)c1ccccc1CC2. The number of hydrogen-bond acceptors (Lipinski definition) is 7. The highest BCUT2D eigenvalue weighted by atomic mass is 35.5. The lowest BCUT2D eigenvalue weighted by Gasteiger charge is -2.31. The Kier molecular flexibility index (Phi) is 6.80. The Labute approximate surface area is 258 Å². The third-order valence-electron chi connectivity index (χ3n) is 7.71. The molecule has 0 fully saturated rings. The molecule has 3 aromatic carbocycles. The molecule has 1 aliphatic carbocycles. The van der Waals surface area contributed by atoms with Gasteiger partial charge >= 0.3 is 0 Å². The second-order valence-corrected chi connectivity index (χ2v) is 11.9. The first-order chi connectivity index (χ1) is 20.8. The van der Waals surface area contributed by atoms with Crippen molar-refractivity contribution in [2.45, 2.75) is 18.9 Å². The van der Waals surface area contributed by atoms with Crippen LogP contribution in [0.1, 0.15) is 34.9 Å². The van der Waals surface area contributed by atoms with Gasteiger partial charge in [0.1, 0.15) is 22.3 Å². The first-order valence-electron chi connectivity index (χ1n) is 13.3. The summed E-state index contributed by atoms with van der Waals surface area (Å²) in [6.07, 6.45) is 3.29. The molecule has 1 atom stereocenters. The average molecular weight is 631 g/mol. The van der Waals surface area contributed by atoms with Crippen molar-refractivity contribution in [3.8, 4) is 17.1 Å². The van der Waals surface area contributed by atoms with Crippen LogP contribution in [-0.4, -0.2) is 16.6 Å². The quantitative estimate of drug-likeness (QED) is 0.157. The highest BCUT2D eigenvalue weighted by Gasteiger charge is 2.34. The number of allylic oxidation sites excluding steroid dienone is 1. The van der Waals surface area contributed by atoms with Crippen molar-refractivity contribution in [3.63, 3.8) is 0 Å². The molecule has 0 spiro atoms. The second kappa shape index (κ2) is 10.7. The molecule has 5 aromatic rings. The van der Waals surface area contributed by atoms with E-state index < -0.39 is 4.92 Å². The van der Waals surface area contributed by atoms with E-state index in [0.717, 1.165) is 35.2 Å². The molecular formula is C32H21Cl2N3O5S. The third-order valence-corrected chi connectivity index (χ3v) is 9.30. The van der Waals surface area contributed by atoms with E-state index in [-0.39, 0.29) is 27.3 Å². The van der Waals surface area contributed by atoms with E-state index in [0.29, 0.717) is 32.2 Å². The molecule has 0 saturated heterocycles. The number of methoxy groups -OCH3 is 1. The van der Waals surface area contributed by atoms with Crippen molar-refractivity contribution in [1.82, 2.24) is 4.57 Å². The summed E-state index contributed by atoms with van der Waals surface area (Å²) in [7, 11) is 1.63. The molecule has 0 unspecified atom stereocenters. The number of nitrogens with zero attached hydrogens (tertiary/aromatic N) is 3. The molecule has 0 saturated carbocycles. The van der Waals surface area contributed by atoms with Crippen LogP contribution in [0.4, 0.5) is 5.69 Å². The summed E-state index contributed by atoms with van der Waals surface area (Å²) >= 11 is 13.7. The van der Waals surface area contributed by atoms with Gasteiger partial charge in [0, 0.05) is 28.8 Å². The number of halogens is 2. The zero-order chi connectivity index (χ0) is 29.8. The van der Waals surface area contributed by atoms with Gasteiger partial charge < -0.3 is 9.15 Å². The normalized spacial score (nSPS) is 15.9. The van der Waals surface area contributed by atoms with Gasteiger partial charge in [-0.2, -0.15) is 0 Å². The number of aromatic nitrogens is 1. The van der Waals surface area contributed by atoms with Gasteiger partial charge in [0.25, 0.3) is 11.2 Å². The molecule has 43 heavy (non-hydrogen) atoms. The largest absolute Gasteiger partial charge is 0.496 e. The van der Waals surface area contributed by atoms with Crippen LogP contribution < -0.4 is 19.6 Å². The summed E-state index contributed by atoms with van der Waals surface area (Å²) in [6, 6.07) is 21.6. The minimum absolute atomic E-state index is 0.0578. The van der Waals surface area contributed by atoms with Crippen molar-refractivity contribution in [3.05, 3.63) is 141 Å². The van der Waals surface area contributed by atoms with Gasteiger partial charge in [-0.1, -0.05) is 77.0 Å². The monoisotopic (exact) mass is 629 g/mol. The Bertz CT molecular complexity index is 2180. The van der Waals surface area contributed by atoms with Crippen LogP contribution in [0, 0.1) is 10.1 Å². The summed E-state index contributed by atoms with van der Waals surface area (Å²) < 4.78 is 14.0. The molecule has 11 heteroatoms. The topological polar surface area (TPSA) is 99.9 Å². The van der Waals surface area contributed by atoms with Crippen LogP contribution >= 0.6 is 34.5 Å². The molecule has 214 valence electrons. The first kappa shape index (κ1) is 27.4. The fraction of sp³-hybridized carbons (Fsp3) is 0.125. The maximum atomic E-state index is 14.1. The van der Waals surface area contributed by atoms with Gasteiger partial charge in [0.05, 0.1) is 33.3 Å². The number of hydrogen-bond donors (Lipinski definition) is 0. The van der Waals surface area contributed by atoms with Crippen molar-refractivity contribution >= 4 is 52.0 Å². The van der Waals surface area contributed by atoms with E-state index in [9.17, 15) is 14.9 Å². The molecule has 1 aliphatic heterocycles. The molecule has 2 aromatic heterocycles. The lowest BCUT2D eigenvalue weighted by molar-refractivity contribution is -0.384. The molecule has 0 bridgehead atoms. The average Bonchev–Trinajstić information content (AvgIpc) is 3.60. The number of nitro benzene ring substituents is 1. The lowest BCUT2D eigenvalue weighted by Crippen LogP contribution is -2.38. The van der Waals surface area contributed by atoms with Gasteiger partial charge in [-0.15, -0.1) is 0 Å². The molecule has 0 radical (unpaired) electrons. The zero-order valence-corrected chi connectivity index (χ0v) is 24.9. The minimum atomic E-state index is -0.597. The zero-order valence-electron chi connectivity index (χ0n) is 22.5. The van der Waals surface area contributed by atoms with E-state index in [1.54, 1.807) is 29.9 Å². The number of nitro groups is 1. The number of ether oxygens (including phenoxy) is 1. The first-order valence-corrected chi connectivity index (χ1v) is 14.9. The van der Waals surface area contributed by atoms with Crippen LogP contribution in [0.15, 0.2) is 92.6 Å². The predicted molar refractivity (Wildman–Crippen MR) is 167 cm³/mol. The number of aryl methyl sites for hydroxylation is 1. The molecule has 0 amide bonds. The van der Waals surface area contributed by atoms with Crippen LogP contribution in [0.3, 0.4) is 0 Å². The van der Waals surface area contributed by atoms with E-state index in [1.165, 1.54) is 29.0 Å². The van der Waals surface area contributed by atoms with E-state index in [4.69, 9.17) is 37.3 Å². The Morgan fingerprint density at radius 1 is 1.05 bits per heavy atom. The van der Waals surface area contributed by atoms with E-state index >= 15 is 0 Å². The van der Waals surface area contributed by atoms with E-state index in [2.05, 4.69) is 12.1 Å². The van der Waals surface area contributed by atoms with Crippen LogP contribution in [-0.2, 0) is 6.42 Å². The minimum Gasteiger partial charge on any atom is -0.496 e. The van der Waals surface area contributed by atoms with Crippen LogP contribution in [0.25, 0.3) is 23.1 Å². The Morgan fingerprint density at radius 3 is 2.65 bits per heavy atom. The molecule has 0 N–H and O–H groups in total. The number of furan rings is 1. The molecule has 2 aliphatic rings. The summed E-state index contributed by atoms with van der Waals surface area (Å²) in [5, 5.41) is 11.3. The van der Waals surface area contributed by atoms with Gasteiger partial charge in [0.2, 0.25) is 0 Å². The number of benzene rings is 3. The Balaban J connectivity index is 1.38. The predicted octanol–water partition coefficient (Wildman–Crippen LogP) is 6.80. The summed E-state index contributed by atoms with van der Waals surface area (Å²) in [6.45, 7) is 0. The highest BCUT2D eigenvalue weighted by molar-refractivity contribution is 7.07. The fourth-order valence-corrected chi connectivity index (χ4v) is 7.23. The Hall–Kier alpha value is -4.44. The maximum Gasteiger partial charge on any atom is 0.289 e. The van der Waals surface area contributed by atoms with E-state index in [1.807, 2.05) is 36.4 Å². The lowest BCUT2D eigenvalue weighted by atomic mass is 9.83. The van der Waals surface area contributed by atoms with Crippen LogP contribution in [0.2, 0.25) is 10.0 Å². The van der Waals surface area contributed by atoms with Crippen molar-refractivity contribution in [2.24, 2.45) is 4.99 Å². The number of thiazole rings is 1. The summed E-state index contributed by atoms with van der Waals surface area (Å²) in [5.41, 5.74) is 5.09.